The molecule has 0 radical (unpaired) electrons. The zero-order chi connectivity index (χ0) is 13.8. The number of ether oxygens (including phenoxy) is 1. The molecule has 1 aliphatic heterocycles. The van der Waals surface area contributed by atoms with Crippen molar-refractivity contribution in [3.63, 3.8) is 0 Å². The van der Waals surface area contributed by atoms with Crippen LogP contribution in [0.15, 0.2) is 24.3 Å². The molecule has 2 unspecified atom stereocenters. The Morgan fingerprint density at radius 1 is 1.42 bits per heavy atom. The third-order valence-corrected chi connectivity index (χ3v) is 4.10. The van der Waals surface area contributed by atoms with Gasteiger partial charge in [0.25, 0.3) is 0 Å². The zero-order valence-electron chi connectivity index (χ0n) is 12.1. The zero-order valence-corrected chi connectivity index (χ0v) is 12.1. The molecule has 1 fully saturated rings. The number of likely N-dealkylation sites (N-methyl/N-ethyl adjacent to an activating group) is 1. The fourth-order valence-corrected chi connectivity index (χ4v) is 2.89. The molecule has 1 aliphatic rings. The molecule has 1 heterocycles. The maximum atomic E-state index is 11.7. The second-order valence-corrected chi connectivity index (χ2v) is 5.40. The van der Waals surface area contributed by atoms with Gasteiger partial charge < -0.3 is 9.64 Å². The van der Waals surface area contributed by atoms with Crippen LogP contribution in [0.2, 0.25) is 0 Å². The highest BCUT2D eigenvalue weighted by Crippen LogP contribution is 2.28. The Bertz CT molecular complexity index is 427. The minimum atomic E-state index is -0.143. The number of rotatable bonds is 4. The molecule has 0 bridgehead atoms. The first-order valence-corrected chi connectivity index (χ1v) is 7.02. The van der Waals surface area contributed by atoms with E-state index in [0.717, 1.165) is 18.5 Å². The third-order valence-electron chi connectivity index (χ3n) is 4.10. The van der Waals surface area contributed by atoms with E-state index in [9.17, 15) is 4.79 Å². The second-order valence-electron chi connectivity index (χ2n) is 5.40. The maximum Gasteiger partial charge on any atom is 0.313 e. The molecule has 0 amide bonds. The summed E-state index contributed by atoms with van der Waals surface area (Å²) in [5, 5.41) is 0. The number of nitrogens with zero attached hydrogens (tertiary/aromatic N) is 1. The number of hydrogen-bond donors (Lipinski definition) is 0. The molecule has 104 valence electrons. The van der Waals surface area contributed by atoms with E-state index in [2.05, 4.69) is 36.2 Å². The van der Waals surface area contributed by atoms with Gasteiger partial charge in [0.15, 0.2) is 0 Å². The molecule has 0 spiro atoms. The van der Waals surface area contributed by atoms with Crippen molar-refractivity contribution in [3.05, 3.63) is 35.4 Å². The molecule has 0 N–H and O–H groups in total. The summed E-state index contributed by atoms with van der Waals surface area (Å²) in [4.78, 5) is 14.1. The van der Waals surface area contributed by atoms with Gasteiger partial charge in [-0.2, -0.15) is 0 Å². The molecule has 2 rings (SSSR count). The van der Waals surface area contributed by atoms with E-state index < -0.39 is 0 Å². The summed E-state index contributed by atoms with van der Waals surface area (Å²) in [5.41, 5.74) is 2.44. The molecule has 0 aliphatic carbocycles. The van der Waals surface area contributed by atoms with E-state index in [1.165, 1.54) is 25.6 Å². The first kappa shape index (κ1) is 14.1. The Morgan fingerprint density at radius 2 is 2.11 bits per heavy atom. The second kappa shape index (κ2) is 6.20. The fourth-order valence-electron chi connectivity index (χ4n) is 2.89. The lowest BCUT2D eigenvalue weighted by Crippen LogP contribution is -2.14. The van der Waals surface area contributed by atoms with Crippen LogP contribution in [0.5, 0.6) is 0 Å². The highest BCUT2D eigenvalue weighted by atomic mass is 16.5. The minimum Gasteiger partial charge on any atom is -0.469 e. The van der Waals surface area contributed by atoms with Gasteiger partial charge in [0, 0.05) is 6.54 Å². The summed E-state index contributed by atoms with van der Waals surface area (Å²) in [5.74, 6) is 0.360. The maximum absolute atomic E-state index is 11.7. The van der Waals surface area contributed by atoms with Crippen molar-refractivity contribution >= 4 is 5.97 Å². The fraction of sp³-hybridized carbons (Fsp3) is 0.562. The third kappa shape index (κ3) is 3.16. The Kier molecular flexibility index (Phi) is 4.59. The summed E-state index contributed by atoms with van der Waals surface area (Å²) in [6.07, 6.45) is 2.00. The van der Waals surface area contributed by atoms with Gasteiger partial charge in [0.1, 0.15) is 0 Å². The van der Waals surface area contributed by atoms with E-state index in [0.29, 0.717) is 5.92 Å². The van der Waals surface area contributed by atoms with Crippen molar-refractivity contribution in [1.29, 1.82) is 0 Å². The lowest BCUT2D eigenvalue weighted by Gasteiger charge is -2.15. The van der Waals surface area contributed by atoms with Crippen LogP contribution in [0.4, 0.5) is 0 Å². The molecule has 0 saturated carbocycles. The number of hydrogen-bond acceptors (Lipinski definition) is 3. The van der Waals surface area contributed by atoms with Crippen molar-refractivity contribution < 1.29 is 9.53 Å². The molecular weight excluding hydrogens is 238 g/mol. The summed E-state index contributed by atoms with van der Waals surface area (Å²) in [6, 6.07) is 8.51. The van der Waals surface area contributed by atoms with Crippen LogP contribution in [-0.2, 0) is 9.53 Å². The first-order valence-electron chi connectivity index (χ1n) is 7.02. The van der Waals surface area contributed by atoms with Crippen LogP contribution in [0.3, 0.4) is 0 Å². The van der Waals surface area contributed by atoms with Gasteiger partial charge in [-0.05, 0) is 43.5 Å². The molecule has 3 heteroatoms. The van der Waals surface area contributed by atoms with Crippen molar-refractivity contribution in [1.82, 2.24) is 4.90 Å². The van der Waals surface area contributed by atoms with Gasteiger partial charge in [-0.3, -0.25) is 4.79 Å². The Balaban J connectivity index is 2.11. The van der Waals surface area contributed by atoms with Crippen LogP contribution in [0, 0.1) is 0 Å². The van der Waals surface area contributed by atoms with Gasteiger partial charge in [-0.1, -0.05) is 31.2 Å². The molecular formula is C16H23NO2. The first-order chi connectivity index (χ1) is 9.15. The van der Waals surface area contributed by atoms with Crippen molar-refractivity contribution in [2.75, 3.05) is 27.2 Å². The molecule has 1 saturated heterocycles. The van der Waals surface area contributed by atoms with Gasteiger partial charge >= 0.3 is 5.97 Å². The normalized spacial score (nSPS) is 21.3. The monoisotopic (exact) mass is 261 g/mol. The highest BCUT2D eigenvalue weighted by molar-refractivity contribution is 5.77. The summed E-state index contributed by atoms with van der Waals surface area (Å²) in [7, 11) is 3.62. The largest absolute Gasteiger partial charge is 0.469 e. The summed E-state index contributed by atoms with van der Waals surface area (Å²) in [6.45, 7) is 4.32. The van der Waals surface area contributed by atoms with Gasteiger partial charge in [0.05, 0.1) is 13.0 Å². The van der Waals surface area contributed by atoms with Crippen molar-refractivity contribution in [2.45, 2.75) is 31.6 Å². The van der Waals surface area contributed by atoms with E-state index in [-0.39, 0.29) is 11.9 Å². The summed E-state index contributed by atoms with van der Waals surface area (Å²) >= 11 is 0. The van der Waals surface area contributed by atoms with Crippen LogP contribution in [-0.4, -0.2) is 38.1 Å². The van der Waals surface area contributed by atoms with Gasteiger partial charge in [0.2, 0.25) is 0 Å². The number of esters is 1. The minimum absolute atomic E-state index is 0.134. The quantitative estimate of drug-likeness (QED) is 0.781. The lowest BCUT2D eigenvalue weighted by atomic mass is 9.92. The Morgan fingerprint density at radius 3 is 2.58 bits per heavy atom. The predicted molar refractivity (Wildman–Crippen MR) is 76.3 cm³/mol. The number of carbonyl (C=O) groups excluding carboxylic acids is 1. The molecule has 19 heavy (non-hydrogen) atoms. The average molecular weight is 261 g/mol. The van der Waals surface area contributed by atoms with Gasteiger partial charge in [-0.15, -0.1) is 0 Å². The topological polar surface area (TPSA) is 29.5 Å². The predicted octanol–water partition coefficient (Wildman–Crippen LogP) is 2.77. The van der Waals surface area contributed by atoms with E-state index in [1.54, 1.807) is 0 Å². The van der Waals surface area contributed by atoms with Crippen LogP contribution >= 0.6 is 0 Å². The van der Waals surface area contributed by atoms with Crippen molar-refractivity contribution in [3.8, 4) is 0 Å². The molecule has 1 aromatic carbocycles. The number of methoxy groups -OCH3 is 1. The Hall–Kier alpha value is -1.35. The number of benzene rings is 1. The average Bonchev–Trinajstić information content (AvgIpc) is 2.87. The molecule has 3 nitrogen and oxygen atoms in total. The smallest absolute Gasteiger partial charge is 0.313 e. The molecule has 0 aromatic heterocycles. The Labute approximate surface area is 115 Å². The van der Waals surface area contributed by atoms with E-state index >= 15 is 0 Å². The number of carbonyl (C=O) groups is 1. The SMILES string of the molecule is CCC(C(=O)OC)c1ccc(C2CCN(C)C2)cc1. The van der Waals surface area contributed by atoms with Crippen LogP contribution in [0.25, 0.3) is 0 Å². The van der Waals surface area contributed by atoms with E-state index in [1.807, 2.05) is 6.92 Å². The molecule has 1 aromatic rings. The lowest BCUT2D eigenvalue weighted by molar-refractivity contribution is -0.142. The molecule has 2 atom stereocenters. The van der Waals surface area contributed by atoms with Crippen LogP contribution in [0.1, 0.15) is 42.7 Å². The van der Waals surface area contributed by atoms with Gasteiger partial charge in [-0.25, -0.2) is 0 Å². The van der Waals surface area contributed by atoms with Crippen molar-refractivity contribution in [2.24, 2.45) is 0 Å². The standard InChI is InChI=1S/C16H23NO2/c1-4-15(16(18)19-3)13-7-5-12(6-8-13)14-9-10-17(2)11-14/h5-8,14-15H,4,9-11H2,1-3H3. The number of likely N-dealkylation sites (tertiary alicyclic amines) is 1. The van der Waals surface area contributed by atoms with Crippen LogP contribution < -0.4 is 0 Å². The van der Waals surface area contributed by atoms with E-state index in [4.69, 9.17) is 4.74 Å². The summed E-state index contributed by atoms with van der Waals surface area (Å²) < 4.78 is 4.86. The highest BCUT2D eigenvalue weighted by Gasteiger charge is 2.22.